The van der Waals surface area contributed by atoms with Gasteiger partial charge in [-0.25, -0.2) is 4.98 Å². The Morgan fingerprint density at radius 3 is 2.73 bits per heavy atom. The van der Waals surface area contributed by atoms with Gasteiger partial charge in [-0.15, -0.1) is 0 Å². The zero-order valence-corrected chi connectivity index (χ0v) is 9.33. The van der Waals surface area contributed by atoms with Gasteiger partial charge >= 0.3 is 0 Å². The molecule has 0 saturated carbocycles. The van der Waals surface area contributed by atoms with Crippen molar-refractivity contribution in [2.45, 2.75) is 0 Å². The number of anilines is 2. The molecule has 0 fully saturated rings. The average molecular weight is 267 g/mol. The van der Waals surface area contributed by atoms with Crippen molar-refractivity contribution in [1.82, 2.24) is 4.98 Å². The normalized spacial score (nSPS) is 10.0. The fraction of sp³-hybridized carbons (Fsp3) is 0. The van der Waals surface area contributed by atoms with Gasteiger partial charge in [0.1, 0.15) is 0 Å². The third-order valence-corrected chi connectivity index (χ3v) is 2.57. The first-order chi connectivity index (χ1) is 7.25. The lowest BCUT2D eigenvalue weighted by Gasteiger charge is -2.07. The molecule has 2 aromatic rings. The van der Waals surface area contributed by atoms with Gasteiger partial charge in [0.2, 0.25) is 5.95 Å². The SMILES string of the molecule is Fc1cc(Nc2ccccc2Br)ccn1. The van der Waals surface area contributed by atoms with E-state index in [0.29, 0.717) is 5.69 Å². The second-order valence-electron chi connectivity index (χ2n) is 2.97. The molecular weight excluding hydrogens is 259 g/mol. The zero-order valence-electron chi connectivity index (χ0n) is 7.74. The summed E-state index contributed by atoms with van der Waals surface area (Å²) in [5.41, 5.74) is 1.57. The predicted octanol–water partition coefficient (Wildman–Crippen LogP) is 3.73. The van der Waals surface area contributed by atoms with E-state index >= 15 is 0 Å². The van der Waals surface area contributed by atoms with Crippen LogP contribution in [0.4, 0.5) is 15.8 Å². The summed E-state index contributed by atoms with van der Waals surface area (Å²) >= 11 is 3.40. The molecule has 76 valence electrons. The van der Waals surface area contributed by atoms with Crippen LogP contribution in [0.3, 0.4) is 0 Å². The third-order valence-electron chi connectivity index (χ3n) is 1.88. The van der Waals surface area contributed by atoms with E-state index in [-0.39, 0.29) is 0 Å². The summed E-state index contributed by atoms with van der Waals surface area (Å²) in [5.74, 6) is -0.493. The number of hydrogen-bond acceptors (Lipinski definition) is 2. The highest BCUT2D eigenvalue weighted by atomic mass is 79.9. The van der Waals surface area contributed by atoms with Gasteiger partial charge in [0.15, 0.2) is 0 Å². The number of para-hydroxylation sites is 1. The first kappa shape index (κ1) is 10.1. The average Bonchev–Trinajstić information content (AvgIpc) is 2.22. The molecule has 1 aromatic carbocycles. The van der Waals surface area contributed by atoms with Crippen LogP contribution in [-0.2, 0) is 0 Å². The number of pyridine rings is 1. The molecule has 1 N–H and O–H groups in total. The van der Waals surface area contributed by atoms with Gasteiger partial charge in [-0.3, -0.25) is 0 Å². The van der Waals surface area contributed by atoms with Gasteiger partial charge in [0.05, 0.1) is 5.69 Å². The Bertz CT molecular complexity index is 474. The van der Waals surface area contributed by atoms with Crippen LogP contribution < -0.4 is 5.32 Å². The Morgan fingerprint density at radius 1 is 1.20 bits per heavy atom. The van der Waals surface area contributed by atoms with Crippen molar-refractivity contribution < 1.29 is 4.39 Å². The molecule has 2 rings (SSSR count). The lowest BCUT2D eigenvalue weighted by atomic mass is 10.3. The van der Waals surface area contributed by atoms with E-state index < -0.39 is 5.95 Å². The highest BCUT2D eigenvalue weighted by Crippen LogP contribution is 2.24. The van der Waals surface area contributed by atoms with Gasteiger partial charge < -0.3 is 5.32 Å². The van der Waals surface area contributed by atoms with Gasteiger partial charge in [-0.2, -0.15) is 4.39 Å². The summed E-state index contributed by atoms with van der Waals surface area (Å²) in [6.07, 6.45) is 1.43. The smallest absolute Gasteiger partial charge is 0.214 e. The topological polar surface area (TPSA) is 24.9 Å². The molecule has 4 heteroatoms. The fourth-order valence-corrected chi connectivity index (χ4v) is 1.58. The minimum absolute atomic E-state index is 0.493. The van der Waals surface area contributed by atoms with Crippen molar-refractivity contribution in [2.75, 3.05) is 5.32 Å². The summed E-state index contributed by atoms with van der Waals surface area (Å²) in [6, 6.07) is 10.7. The molecule has 2 nitrogen and oxygen atoms in total. The van der Waals surface area contributed by atoms with Crippen LogP contribution in [0, 0.1) is 5.95 Å². The van der Waals surface area contributed by atoms with Gasteiger partial charge in [0, 0.05) is 22.4 Å². The van der Waals surface area contributed by atoms with E-state index in [1.165, 1.54) is 12.3 Å². The fourth-order valence-electron chi connectivity index (χ4n) is 1.20. The molecular formula is C11H8BrFN2. The summed E-state index contributed by atoms with van der Waals surface area (Å²) in [5, 5.41) is 3.09. The van der Waals surface area contributed by atoms with Crippen molar-refractivity contribution >= 4 is 27.3 Å². The van der Waals surface area contributed by atoms with Crippen LogP contribution in [0.25, 0.3) is 0 Å². The second-order valence-corrected chi connectivity index (χ2v) is 3.83. The van der Waals surface area contributed by atoms with Gasteiger partial charge in [-0.05, 0) is 34.1 Å². The second kappa shape index (κ2) is 4.40. The summed E-state index contributed by atoms with van der Waals surface area (Å²) < 4.78 is 13.7. The largest absolute Gasteiger partial charge is 0.354 e. The van der Waals surface area contributed by atoms with E-state index in [1.807, 2.05) is 24.3 Å². The van der Waals surface area contributed by atoms with Crippen LogP contribution in [0.5, 0.6) is 0 Å². The third kappa shape index (κ3) is 2.53. The lowest BCUT2D eigenvalue weighted by molar-refractivity contribution is 0.584. The zero-order chi connectivity index (χ0) is 10.7. The number of nitrogens with one attached hydrogen (secondary N) is 1. The Balaban J connectivity index is 2.26. The van der Waals surface area contributed by atoms with Gasteiger partial charge in [-0.1, -0.05) is 12.1 Å². The van der Waals surface area contributed by atoms with E-state index in [0.717, 1.165) is 10.2 Å². The molecule has 1 aromatic heterocycles. The number of hydrogen-bond donors (Lipinski definition) is 1. The molecule has 0 aliphatic rings. The monoisotopic (exact) mass is 266 g/mol. The number of nitrogens with zero attached hydrogens (tertiary/aromatic N) is 1. The maximum absolute atomic E-state index is 12.8. The number of rotatable bonds is 2. The molecule has 0 aliphatic heterocycles. The summed E-state index contributed by atoms with van der Waals surface area (Å²) in [4.78, 5) is 3.49. The van der Waals surface area contributed by atoms with E-state index in [9.17, 15) is 4.39 Å². The van der Waals surface area contributed by atoms with E-state index in [1.54, 1.807) is 6.07 Å². The first-order valence-corrected chi connectivity index (χ1v) is 5.18. The molecule has 0 bridgehead atoms. The molecule has 1 heterocycles. The minimum Gasteiger partial charge on any atom is -0.354 e. The van der Waals surface area contributed by atoms with E-state index in [2.05, 4.69) is 26.2 Å². The molecule has 0 atom stereocenters. The highest BCUT2D eigenvalue weighted by Gasteiger charge is 1.99. The van der Waals surface area contributed by atoms with Crippen molar-refractivity contribution in [3.8, 4) is 0 Å². The minimum atomic E-state index is -0.493. The van der Waals surface area contributed by atoms with Gasteiger partial charge in [0.25, 0.3) is 0 Å². The van der Waals surface area contributed by atoms with Crippen LogP contribution in [0.1, 0.15) is 0 Å². The molecule has 0 amide bonds. The molecule has 0 spiro atoms. The summed E-state index contributed by atoms with van der Waals surface area (Å²) in [6.45, 7) is 0. The van der Waals surface area contributed by atoms with Crippen molar-refractivity contribution in [2.24, 2.45) is 0 Å². The summed E-state index contributed by atoms with van der Waals surface area (Å²) in [7, 11) is 0. The van der Waals surface area contributed by atoms with Crippen molar-refractivity contribution in [3.05, 3.63) is 53.0 Å². The number of halogens is 2. The Kier molecular flexibility index (Phi) is 2.97. The molecule has 0 aliphatic carbocycles. The van der Waals surface area contributed by atoms with Crippen LogP contribution in [0.2, 0.25) is 0 Å². The Hall–Kier alpha value is -1.42. The van der Waals surface area contributed by atoms with Crippen molar-refractivity contribution in [3.63, 3.8) is 0 Å². The van der Waals surface area contributed by atoms with Crippen LogP contribution >= 0.6 is 15.9 Å². The maximum atomic E-state index is 12.8. The van der Waals surface area contributed by atoms with Crippen LogP contribution in [-0.4, -0.2) is 4.98 Å². The molecule has 0 radical (unpaired) electrons. The standard InChI is InChI=1S/C11H8BrFN2/c12-9-3-1-2-4-10(9)15-8-5-6-14-11(13)7-8/h1-7H,(H,14,15). The first-order valence-electron chi connectivity index (χ1n) is 4.39. The predicted molar refractivity (Wildman–Crippen MR) is 61.6 cm³/mol. The van der Waals surface area contributed by atoms with E-state index in [4.69, 9.17) is 0 Å². The quantitative estimate of drug-likeness (QED) is 0.838. The molecule has 0 saturated heterocycles. The number of benzene rings is 1. The molecule has 0 unspecified atom stereocenters. The lowest BCUT2D eigenvalue weighted by Crippen LogP contribution is -1.92. The molecule has 15 heavy (non-hydrogen) atoms. The van der Waals surface area contributed by atoms with Crippen LogP contribution in [0.15, 0.2) is 47.1 Å². The number of aromatic nitrogens is 1. The van der Waals surface area contributed by atoms with Crippen molar-refractivity contribution in [1.29, 1.82) is 0 Å². The highest BCUT2D eigenvalue weighted by molar-refractivity contribution is 9.10. The maximum Gasteiger partial charge on any atom is 0.214 e. The Labute approximate surface area is 95.3 Å². The Morgan fingerprint density at radius 2 is 2.00 bits per heavy atom.